The highest BCUT2D eigenvalue weighted by Crippen LogP contribution is 2.36. The van der Waals surface area contributed by atoms with E-state index in [0.29, 0.717) is 0 Å². The zero-order chi connectivity index (χ0) is 15.9. The largest absolute Gasteiger partial charge is 0.344 e. The van der Waals surface area contributed by atoms with Crippen molar-refractivity contribution >= 4 is 11.4 Å². The molecule has 1 nitrogen and oxygen atoms in total. The maximum atomic E-state index is 2.34. The van der Waals surface area contributed by atoms with Gasteiger partial charge < -0.3 is 4.90 Å². The molecule has 0 aliphatic carbocycles. The van der Waals surface area contributed by atoms with Crippen LogP contribution in [0.15, 0.2) is 18.2 Å². The Morgan fingerprint density at radius 2 is 0.952 bits per heavy atom. The summed E-state index contributed by atoms with van der Waals surface area (Å²) in [7, 11) is 2.18. The number of hydrogen-bond donors (Lipinski definition) is 0. The molecule has 1 heteroatoms. The maximum Gasteiger partial charge on any atom is 0.0473 e. The smallest absolute Gasteiger partial charge is 0.0473 e. The summed E-state index contributed by atoms with van der Waals surface area (Å²) in [6, 6.07) is 6.75. The number of aryl methyl sites for hydroxylation is 2. The molecule has 2 aromatic carbocycles. The Morgan fingerprint density at radius 3 is 1.38 bits per heavy atom. The first-order valence-electron chi connectivity index (χ1n) is 7.63. The maximum absolute atomic E-state index is 2.34. The molecule has 0 aromatic heterocycles. The van der Waals surface area contributed by atoms with Gasteiger partial charge in [0.1, 0.15) is 0 Å². The minimum absolute atomic E-state index is 1.27. The Balaban J connectivity index is 2.66. The summed E-state index contributed by atoms with van der Waals surface area (Å²) in [6.45, 7) is 15.5. The average Bonchev–Trinajstić information content (AvgIpc) is 2.42. The van der Waals surface area contributed by atoms with Gasteiger partial charge in [-0.3, -0.25) is 0 Å². The van der Waals surface area contributed by atoms with Gasteiger partial charge in [-0.1, -0.05) is 6.07 Å². The highest BCUT2D eigenvalue weighted by molar-refractivity contribution is 5.73. The molecule has 0 bridgehead atoms. The van der Waals surface area contributed by atoms with Gasteiger partial charge in [-0.15, -0.1) is 0 Å². The van der Waals surface area contributed by atoms with Crippen molar-refractivity contribution in [3.05, 3.63) is 57.1 Å². The van der Waals surface area contributed by atoms with E-state index in [-0.39, 0.29) is 0 Å². The Hall–Kier alpha value is -1.76. The molecule has 2 aromatic rings. The fourth-order valence-corrected chi connectivity index (χ4v) is 3.26. The van der Waals surface area contributed by atoms with Crippen molar-refractivity contribution in [2.45, 2.75) is 48.5 Å². The first-order chi connectivity index (χ1) is 9.73. The summed E-state index contributed by atoms with van der Waals surface area (Å²) < 4.78 is 0. The summed E-state index contributed by atoms with van der Waals surface area (Å²) in [5.41, 5.74) is 12.2. The number of anilines is 2. The van der Waals surface area contributed by atoms with Crippen LogP contribution in [0.1, 0.15) is 38.9 Å². The molecule has 0 amide bonds. The second-order valence-corrected chi connectivity index (χ2v) is 6.38. The van der Waals surface area contributed by atoms with Gasteiger partial charge in [-0.05, 0) is 99.5 Å². The monoisotopic (exact) mass is 281 g/mol. The van der Waals surface area contributed by atoms with Crippen molar-refractivity contribution in [1.82, 2.24) is 0 Å². The molecule has 0 spiro atoms. The van der Waals surface area contributed by atoms with Crippen LogP contribution in [-0.2, 0) is 0 Å². The van der Waals surface area contributed by atoms with Crippen LogP contribution in [0.3, 0.4) is 0 Å². The molecule has 0 radical (unpaired) electrons. The van der Waals surface area contributed by atoms with Crippen LogP contribution < -0.4 is 4.90 Å². The Morgan fingerprint density at radius 1 is 0.571 bits per heavy atom. The van der Waals surface area contributed by atoms with E-state index in [2.05, 4.69) is 78.6 Å². The molecule has 0 unspecified atom stereocenters. The Labute approximate surface area is 129 Å². The molecule has 0 aliphatic rings. The minimum Gasteiger partial charge on any atom is -0.344 e. The molecule has 112 valence electrons. The fraction of sp³-hybridized carbons (Fsp3) is 0.400. The summed E-state index contributed by atoms with van der Waals surface area (Å²) in [4.78, 5) is 2.34. The standard InChI is InChI=1S/C20H27N/c1-12-9-13(2)11-19(10-12)21(8)20-17(6)15(4)14(3)16(5)18(20)7/h9-11H,1-8H3. The lowest BCUT2D eigenvalue weighted by atomic mass is 9.92. The second kappa shape index (κ2) is 5.55. The van der Waals surface area contributed by atoms with Crippen LogP contribution in [-0.4, -0.2) is 7.05 Å². The number of rotatable bonds is 2. The molecule has 0 fully saturated rings. The van der Waals surface area contributed by atoms with E-state index in [0.717, 1.165) is 0 Å². The number of benzene rings is 2. The molecular formula is C20H27N. The molecule has 0 saturated heterocycles. The van der Waals surface area contributed by atoms with Gasteiger partial charge in [0.25, 0.3) is 0 Å². The normalized spacial score (nSPS) is 10.9. The average molecular weight is 281 g/mol. The summed E-state index contributed by atoms with van der Waals surface area (Å²) in [5.74, 6) is 0. The molecule has 0 saturated carbocycles. The van der Waals surface area contributed by atoms with Gasteiger partial charge in [0.05, 0.1) is 0 Å². The van der Waals surface area contributed by atoms with E-state index in [9.17, 15) is 0 Å². The Kier molecular flexibility index (Phi) is 4.13. The topological polar surface area (TPSA) is 3.24 Å². The molecular weight excluding hydrogens is 254 g/mol. The second-order valence-electron chi connectivity index (χ2n) is 6.38. The van der Waals surface area contributed by atoms with E-state index in [4.69, 9.17) is 0 Å². The van der Waals surface area contributed by atoms with Crippen molar-refractivity contribution < 1.29 is 0 Å². The zero-order valence-electron chi connectivity index (χ0n) is 14.7. The first kappa shape index (κ1) is 15.6. The molecule has 2 rings (SSSR count). The van der Waals surface area contributed by atoms with E-state index in [1.165, 1.54) is 50.3 Å². The van der Waals surface area contributed by atoms with Crippen LogP contribution in [0.4, 0.5) is 11.4 Å². The summed E-state index contributed by atoms with van der Waals surface area (Å²) in [6.07, 6.45) is 0. The van der Waals surface area contributed by atoms with Crippen LogP contribution in [0.5, 0.6) is 0 Å². The predicted octanol–water partition coefficient (Wildman–Crippen LogP) is 5.61. The van der Waals surface area contributed by atoms with Gasteiger partial charge in [-0.25, -0.2) is 0 Å². The summed E-state index contributed by atoms with van der Waals surface area (Å²) >= 11 is 0. The van der Waals surface area contributed by atoms with E-state index < -0.39 is 0 Å². The van der Waals surface area contributed by atoms with Crippen LogP contribution in [0.2, 0.25) is 0 Å². The van der Waals surface area contributed by atoms with Gasteiger partial charge >= 0.3 is 0 Å². The molecule has 0 atom stereocenters. The van der Waals surface area contributed by atoms with Crippen LogP contribution in [0, 0.1) is 48.5 Å². The van der Waals surface area contributed by atoms with Gasteiger partial charge in [0.2, 0.25) is 0 Å². The third-order valence-corrected chi connectivity index (χ3v) is 4.89. The zero-order valence-corrected chi connectivity index (χ0v) is 14.7. The third kappa shape index (κ3) is 2.70. The van der Waals surface area contributed by atoms with Crippen LogP contribution >= 0.6 is 0 Å². The number of hydrogen-bond acceptors (Lipinski definition) is 1. The van der Waals surface area contributed by atoms with E-state index >= 15 is 0 Å². The van der Waals surface area contributed by atoms with Crippen molar-refractivity contribution in [3.8, 4) is 0 Å². The molecule has 0 heterocycles. The SMILES string of the molecule is Cc1cc(C)cc(N(C)c2c(C)c(C)c(C)c(C)c2C)c1. The molecule has 21 heavy (non-hydrogen) atoms. The van der Waals surface area contributed by atoms with E-state index in [1.54, 1.807) is 0 Å². The summed E-state index contributed by atoms with van der Waals surface area (Å²) in [5, 5.41) is 0. The van der Waals surface area contributed by atoms with Crippen molar-refractivity contribution in [3.63, 3.8) is 0 Å². The van der Waals surface area contributed by atoms with Gasteiger partial charge in [0, 0.05) is 18.4 Å². The Bertz CT molecular complexity index is 646. The lowest BCUT2D eigenvalue weighted by Gasteiger charge is -2.28. The predicted molar refractivity (Wildman–Crippen MR) is 94.1 cm³/mol. The molecule has 0 N–H and O–H groups in total. The fourth-order valence-electron chi connectivity index (χ4n) is 3.26. The highest BCUT2D eigenvalue weighted by Gasteiger charge is 2.16. The van der Waals surface area contributed by atoms with E-state index in [1.807, 2.05) is 0 Å². The third-order valence-electron chi connectivity index (χ3n) is 4.89. The van der Waals surface area contributed by atoms with Crippen molar-refractivity contribution in [2.75, 3.05) is 11.9 Å². The quantitative estimate of drug-likeness (QED) is 0.691. The lowest BCUT2D eigenvalue weighted by molar-refractivity contribution is 1.10. The highest BCUT2D eigenvalue weighted by atomic mass is 15.1. The van der Waals surface area contributed by atoms with Crippen LogP contribution in [0.25, 0.3) is 0 Å². The van der Waals surface area contributed by atoms with Gasteiger partial charge in [-0.2, -0.15) is 0 Å². The molecule has 0 aliphatic heterocycles. The van der Waals surface area contributed by atoms with Crippen molar-refractivity contribution in [1.29, 1.82) is 0 Å². The first-order valence-corrected chi connectivity index (χ1v) is 7.63. The minimum atomic E-state index is 1.27. The lowest BCUT2D eigenvalue weighted by Crippen LogP contribution is -2.15. The number of nitrogens with zero attached hydrogens (tertiary/aromatic N) is 1. The van der Waals surface area contributed by atoms with Crippen molar-refractivity contribution in [2.24, 2.45) is 0 Å². The van der Waals surface area contributed by atoms with Gasteiger partial charge in [0.15, 0.2) is 0 Å².